The molecule has 0 saturated heterocycles. The first-order valence-electron chi connectivity index (χ1n) is 6.79. The molecule has 1 aromatic heterocycles. The molecule has 1 N–H and O–H groups in total. The molecule has 1 aliphatic carbocycles. The van der Waals surface area contributed by atoms with Crippen molar-refractivity contribution in [3.63, 3.8) is 0 Å². The van der Waals surface area contributed by atoms with Gasteiger partial charge in [0.05, 0.1) is 5.69 Å². The van der Waals surface area contributed by atoms with E-state index < -0.39 is 0 Å². The van der Waals surface area contributed by atoms with Gasteiger partial charge in [0.25, 0.3) is 0 Å². The highest BCUT2D eigenvalue weighted by Gasteiger charge is 2.36. The first kappa shape index (κ1) is 13.6. The smallest absolute Gasteiger partial charge is 0.238 e. The molecular formula is C15H11BrIN3O. The number of amides is 1. The van der Waals surface area contributed by atoms with Crippen LogP contribution in [0.5, 0.6) is 0 Å². The van der Waals surface area contributed by atoms with Crippen LogP contribution in [0.2, 0.25) is 0 Å². The van der Waals surface area contributed by atoms with Crippen molar-refractivity contribution in [2.75, 3.05) is 5.32 Å². The highest BCUT2D eigenvalue weighted by molar-refractivity contribution is 14.1. The summed E-state index contributed by atoms with van der Waals surface area (Å²) in [5, 5.41) is 2.96. The van der Waals surface area contributed by atoms with Gasteiger partial charge in [-0.15, -0.1) is 0 Å². The highest BCUT2D eigenvalue weighted by Crippen LogP contribution is 2.40. The lowest BCUT2D eigenvalue weighted by Crippen LogP contribution is -2.17. The Morgan fingerprint density at radius 2 is 2.14 bits per heavy atom. The van der Waals surface area contributed by atoms with E-state index in [0.717, 1.165) is 50.2 Å². The third-order valence-electron chi connectivity index (χ3n) is 4.06. The van der Waals surface area contributed by atoms with E-state index in [1.165, 1.54) is 5.56 Å². The number of hydrogen-bond acceptors (Lipinski definition) is 3. The molecule has 2 heterocycles. The number of carbonyl (C=O) groups excluding carboxylic acids is 1. The summed E-state index contributed by atoms with van der Waals surface area (Å²) in [4.78, 5) is 21.6. The third-order valence-corrected chi connectivity index (χ3v) is 5.03. The Morgan fingerprint density at radius 1 is 1.29 bits per heavy atom. The number of fused-ring (bicyclic) bond motifs is 2. The number of aromatic nitrogens is 2. The molecule has 1 unspecified atom stereocenters. The first-order chi connectivity index (χ1) is 10.1. The average molecular weight is 456 g/mol. The van der Waals surface area contributed by atoms with Crippen LogP contribution in [0, 0.1) is 3.83 Å². The zero-order valence-electron chi connectivity index (χ0n) is 11.0. The van der Waals surface area contributed by atoms with E-state index in [2.05, 4.69) is 53.8 Å². The van der Waals surface area contributed by atoms with Crippen molar-refractivity contribution in [2.24, 2.45) is 0 Å². The predicted octanol–water partition coefficient (Wildman–Crippen LogP) is 3.42. The predicted molar refractivity (Wildman–Crippen MR) is 91.4 cm³/mol. The van der Waals surface area contributed by atoms with E-state index >= 15 is 0 Å². The number of nitrogens with one attached hydrogen (secondary N) is 1. The van der Waals surface area contributed by atoms with Gasteiger partial charge in [-0.05, 0) is 48.6 Å². The van der Waals surface area contributed by atoms with Crippen molar-refractivity contribution < 1.29 is 4.79 Å². The zero-order chi connectivity index (χ0) is 14.6. The van der Waals surface area contributed by atoms with E-state index in [1.54, 1.807) is 0 Å². The minimum Gasteiger partial charge on any atom is -0.325 e. The first-order valence-corrected chi connectivity index (χ1v) is 8.66. The maximum Gasteiger partial charge on any atom is 0.238 e. The number of carbonyl (C=O) groups is 1. The average Bonchev–Trinajstić information content (AvgIpc) is 3.01. The lowest BCUT2D eigenvalue weighted by molar-refractivity contribution is -0.116. The summed E-state index contributed by atoms with van der Waals surface area (Å²) in [6, 6.07) is 5.88. The molecule has 0 fully saturated rings. The number of nitrogens with zero attached hydrogens (tertiary/aromatic N) is 2. The topological polar surface area (TPSA) is 54.9 Å². The number of benzene rings is 1. The van der Waals surface area contributed by atoms with Gasteiger partial charge in [0, 0.05) is 38.4 Å². The summed E-state index contributed by atoms with van der Waals surface area (Å²) < 4.78 is 1.70. The number of rotatable bonds is 1. The summed E-state index contributed by atoms with van der Waals surface area (Å²) in [5.74, 6) is -0.312. The fourth-order valence-corrected chi connectivity index (χ4v) is 4.10. The van der Waals surface area contributed by atoms with Crippen LogP contribution in [0.25, 0.3) is 0 Å². The van der Waals surface area contributed by atoms with Crippen molar-refractivity contribution in [1.29, 1.82) is 0 Å². The molecule has 2 aromatic rings. The number of hydrogen-bond donors (Lipinski definition) is 1. The highest BCUT2D eigenvalue weighted by atomic mass is 127. The number of aryl methyl sites for hydroxylation is 1. The van der Waals surface area contributed by atoms with Gasteiger partial charge in [-0.25, -0.2) is 9.97 Å². The molecule has 1 aliphatic heterocycles. The summed E-state index contributed by atoms with van der Waals surface area (Å²) in [6.45, 7) is 0. The summed E-state index contributed by atoms with van der Waals surface area (Å²) in [7, 11) is 0. The SMILES string of the molecule is O=C1Nc2ccc(Br)cc2C1c1nc(I)nc2c1CCC2. The van der Waals surface area contributed by atoms with Crippen LogP contribution in [0.3, 0.4) is 0 Å². The lowest BCUT2D eigenvalue weighted by Gasteiger charge is -2.13. The summed E-state index contributed by atoms with van der Waals surface area (Å²) in [6.07, 6.45) is 3.05. The van der Waals surface area contributed by atoms with E-state index in [4.69, 9.17) is 0 Å². The zero-order valence-corrected chi connectivity index (χ0v) is 14.7. The molecule has 4 rings (SSSR count). The van der Waals surface area contributed by atoms with Crippen molar-refractivity contribution in [1.82, 2.24) is 9.97 Å². The van der Waals surface area contributed by atoms with Gasteiger partial charge in [-0.3, -0.25) is 4.79 Å². The molecule has 106 valence electrons. The van der Waals surface area contributed by atoms with Crippen molar-refractivity contribution >= 4 is 50.1 Å². The molecule has 4 nitrogen and oxygen atoms in total. The molecule has 1 atom stereocenters. The standard InChI is InChI=1S/C15H11BrIN3O/c16-7-4-5-11-9(6-7)12(14(21)18-11)13-8-2-1-3-10(8)19-15(17)20-13/h4-6,12H,1-3H2,(H,18,21). The normalized spacial score (nSPS) is 19.3. The Kier molecular flexibility index (Phi) is 3.25. The van der Waals surface area contributed by atoms with Crippen LogP contribution >= 0.6 is 38.5 Å². The van der Waals surface area contributed by atoms with E-state index in [9.17, 15) is 4.79 Å². The van der Waals surface area contributed by atoms with Gasteiger partial charge in [-0.1, -0.05) is 15.9 Å². The minimum atomic E-state index is -0.319. The fraction of sp³-hybridized carbons (Fsp3) is 0.267. The van der Waals surface area contributed by atoms with Crippen LogP contribution in [0.15, 0.2) is 22.7 Å². The fourth-order valence-electron chi connectivity index (χ4n) is 3.17. The Hall–Kier alpha value is -1.02. The second-order valence-corrected chi connectivity index (χ2v) is 7.19. The molecule has 0 saturated carbocycles. The maximum atomic E-state index is 12.5. The van der Waals surface area contributed by atoms with Gasteiger partial charge in [0.2, 0.25) is 5.91 Å². The molecule has 21 heavy (non-hydrogen) atoms. The molecule has 0 radical (unpaired) electrons. The van der Waals surface area contributed by atoms with Crippen molar-refractivity contribution in [3.8, 4) is 0 Å². The number of anilines is 1. The Labute approximate surface area is 144 Å². The molecule has 1 amide bonds. The van der Waals surface area contributed by atoms with Gasteiger partial charge < -0.3 is 5.32 Å². The van der Waals surface area contributed by atoms with Gasteiger partial charge in [0.1, 0.15) is 5.92 Å². The van der Waals surface area contributed by atoms with E-state index in [0.29, 0.717) is 0 Å². The summed E-state index contributed by atoms with van der Waals surface area (Å²) in [5.41, 5.74) is 5.05. The Morgan fingerprint density at radius 3 is 3.00 bits per heavy atom. The van der Waals surface area contributed by atoms with Crippen LogP contribution in [0.1, 0.15) is 34.9 Å². The molecular weight excluding hydrogens is 445 g/mol. The van der Waals surface area contributed by atoms with E-state index in [1.807, 2.05) is 18.2 Å². The maximum absolute atomic E-state index is 12.5. The number of halogens is 2. The van der Waals surface area contributed by atoms with Crippen LogP contribution in [-0.4, -0.2) is 15.9 Å². The van der Waals surface area contributed by atoms with Crippen LogP contribution in [0.4, 0.5) is 5.69 Å². The minimum absolute atomic E-state index is 0.00620. The van der Waals surface area contributed by atoms with Gasteiger partial charge in [-0.2, -0.15) is 0 Å². The Balaban J connectivity index is 1.92. The summed E-state index contributed by atoms with van der Waals surface area (Å²) >= 11 is 5.62. The van der Waals surface area contributed by atoms with Crippen molar-refractivity contribution in [3.05, 3.63) is 49.0 Å². The molecule has 0 bridgehead atoms. The molecule has 1 aromatic carbocycles. The van der Waals surface area contributed by atoms with Crippen molar-refractivity contribution in [2.45, 2.75) is 25.2 Å². The second kappa shape index (κ2) is 5.01. The van der Waals surface area contributed by atoms with Crippen LogP contribution in [-0.2, 0) is 17.6 Å². The van der Waals surface area contributed by atoms with Crippen LogP contribution < -0.4 is 5.32 Å². The Bertz CT molecular complexity index is 778. The lowest BCUT2D eigenvalue weighted by atomic mass is 9.93. The molecule has 0 spiro atoms. The second-order valence-electron chi connectivity index (χ2n) is 5.31. The molecule has 2 aliphatic rings. The largest absolute Gasteiger partial charge is 0.325 e. The third kappa shape index (κ3) is 2.19. The molecule has 6 heteroatoms. The van der Waals surface area contributed by atoms with Gasteiger partial charge >= 0.3 is 0 Å². The van der Waals surface area contributed by atoms with E-state index in [-0.39, 0.29) is 11.8 Å². The quantitative estimate of drug-likeness (QED) is 0.529. The van der Waals surface area contributed by atoms with Gasteiger partial charge in [0.15, 0.2) is 3.83 Å². The monoisotopic (exact) mass is 455 g/mol.